The summed E-state index contributed by atoms with van der Waals surface area (Å²) in [6, 6.07) is 0. The van der Waals surface area contributed by atoms with Gasteiger partial charge in [0.1, 0.15) is 0 Å². The zero-order chi connectivity index (χ0) is 8.53. The van der Waals surface area contributed by atoms with E-state index in [1.54, 1.807) is 13.0 Å². The Morgan fingerprint density at radius 1 is 1.27 bits per heavy atom. The fourth-order valence-corrected chi connectivity index (χ4v) is 0.477. The molecule has 0 aliphatic heterocycles. The van der Waals surface area contributed by atoms with Crippen LogP contribution in [0.1, 0.15) is 6.92 Å². The predicted molar refractivity (Wildman–Crippen MR) is 41.8 cm³/mol. The number of nitrogens with zero attached hydrogens (tertiary/aromatic N) is 6. The summed E-state index contributed by atoms with van der Waals surface area (Å²) in [6.07, 6.45) is 1.77. The molecular weight excluding hydrogens is 144 g/mol. The first kappa shape index (κ1) is 9.36. The van der Waals surface area contributed by atoms with Crippen molar-refractivity contribution in [1.82, 2.24) is 0 Å². The van der Waals surface area contributed by atoms with Gasteiger partial charge in [0.2, 0.25) is 0 Å². The Kier molecular flexibility index (Phi) is 5.51. The summed E-state index contributed by atoms with van der Waals surface area (Å²) in [5, 5.41) is 6.65. The van der Waals surface area contributed by atoms with Crippen LogP contribution in [0.25, 0.3) is 20.9 Å². The first-order valence-electron chi connectivity index (χ1n) is 3.01. The lowest BCUT2D eigenvalue weighted by molar-refractivity contribution is 1.01. The van der Waals surface area contributed by atoms with E-state index in [0.29, 0.717) is 0 Å². The van der Waals surface area contributed by atoms with Crippen LogP contribution < -0.4 is 0 Å². The van der Waals surface area contributed by atoms with Crippen LogP contribution in [0.2, 0.25) is 0 Å². The molecule has 0 amide bonds. The third-order valence-corrected chi connectivity index (χ3v) is 1.08. The predicted octanol–water partition coefficient (Wildman–Crippen LogP) is 2.55. The maximum atomic E-state index is 7.96. The second-order valence-electron chi connectivity index (χ2n) is 1.72. The fraction of sp³-hybridized carbons (Fsp3) is 0.600. The molecule has 0 aromatic heterocycles. The number of hydrogen-bond donors (Lipinski definition) is 0. The summed E-state index contributed by atoms with van der Waals surface area (Å²) in [5.41, 5.74) is 16.7. The molecule has 6 nitrogen and oxygen atoms in total. The maximum absolute atomic E-state index is 7.96. The first-order chi connectivity index (χ1) is 5.35. The highest BCUT2D eigenvalue weighted by atomic mass is 15.1. The van der Waals surface area contributed by atoms with Gasteiger partial charge in [-0.3, -0.25) is 0 Å². The van der Waals surface area contributed by atoms with Crippen molar-refractivity contribution < 1.29 is 0 Å². The second kappa shape index (κ2) is 6.48. The van der Waals surface area contributed by atoms with Crippen LogP contribution in [-0.4, -0.2) is 13.1 Å². The lowest BCUT2D eigenvalue weighted by Gasteiger charge is -1.94. The van der Waals surface area contributed by atoms with Crippen LogP contribution in [0.5, 0.6) is 0 Å². The molecule has 0 heterocycles. The number of allylic oxidation sites excluding steroid dienone is 1. The van der Waals surface area contributed by atoms with Crippen molar-refractivity contribution in [3.05, 3.63) is 32.5 Å². The smallest absolute Gasteiger partial charge is 0.0471 e. The minimum atomic E-state index is 0.270. The van der Waals surface area contributed by atoms with E-state index in [9.17, 15) is 0 Å². The molecule has 58 valence electrons. The molecule has 0 saturated carbocycles. The monoisotopic (exact) mass is 152 g/mol. The van der Waals surface area contributed by atoms with Gasteiger partial charge in [0.25, 0.3) is 0 Å². The van der Waals surface area contributed by atoms with Gasteiger partial charge in [-0.05, 0) is 18.0 Å². The van der Waals surface area contributed by atoms with Crippen molar-refractivity contribution in [1.29, 1.82) is 0 Å². The van der Waals surface area contributed by atoms with Crippen LogP contribution in [0, 0.1) is 0 Å². The van der Waals surface area contributed by atoms with Gasteiger partial charge >= 0.3 is 0 Å². The number of azide groups is 2. The molecule has 0 aromatic rings. The van der Waals surface area contributed by atoms with E-state index >= 15 is 0 Å². The zero-order valence-electron chi connectivity index (χ0n) is 6.17. The van der Waals surface area contributed by atoms with Crippen molar-refractivity contribution in [2.75, 3.05) is 13.1 Å². The van der Waals surface area contributed by atoms with E-state index in [0.717, 1.165) is 5.57 Å². The Morgan fingerprint density at radius 3 is 2.00 bits per heavy atom. The molecule has 0 unspecified atom stereocenters. The Labute approximate surface area is 63.8 Å². The van der Waals surface area contributed by atoms with E-state index in [1.165, 1.54) is 0 Å². The van der Waals surface area contributed by atoms with E-state index in [1.807, 2.05) is 0 Å². The third-order valence-electron chi connectivity index (χ3n) is 1.08. The highest BCUT2D eigenvalue weighted by molar-refractivity contribution is 5.04. The third kappa shape index (κ3) is 4.84. The van der Waals surface area contributed by atoms with Gasteiger partial charge in [0.15, 0.2) is 0 Å². The molecule has 0 fully saturated rings. The summed E-state index contributed by atoms with van der Waals surface area (Å²) in [5.74, 6) is 0. The lowest BCUT2D eigenvalue weighted by Crippen LogP contribution is -1.90. The normalized spacial score (nSPS) is 7.36. The van der Waals surface area contributed by atoms with Crippen molar-refractivity contribution in [3.8, 4) is 0 Å². The maximum Gasteiger partial charge on any atom is 0.0471 e. The molecule has 6 heteroatoms. The van der Waals surface area contributed by atoms with Crippen LogP contribution in [-0.2, 0) is 0 Å². The summed E-state index contributed by atoms with van der Waals surface area (Å²) >= 11 is 0. The van der Waals surface area contributed by atoms with E-state index in [-0.39, 0.29) is 13.1 Å². The molecule has 0 saturated heterocycles. The summed E-state index contributed by atoms with van der Waals surface area (Å²) in [4.78, 5) is 5.16. The van der Waals surface area contributed by atoms with Gasteiger partial charge in [-0.25, -0.2) is 0 Å². The quantitative estimate of drug-likeness (QED) is 0.256. The molecule has 0 atom stereocenters. The highest BCUT2D eigenvalue weighted by Crippen LogP contribution is 1.95. The molecule has 0 aromatic carbocycles. The highest BCUT2D eigenvalue weighted by Gasteiger charge is 1.89. The van der Waals surface area contributed by atoms with Crippen LogP contribution in [0.3, 0.4) is 0 Å². The molecule has 0 aliphatic carbocycles. The number of rotatable bonds is 4. The van der Waals surface area contributed by atoms with E-state index in [2.05, 4.69) is 20.1 Å². The standard InChI is InChI=1S/C5H8N6/c1-2-5(3-8-10-6)4-9-11-7/h2H,3-4H2,1H3. The van der Waals surface area contributed by atoms with E-state index < -0.39 is 0 Å². The molecule has 0 bridgehead atoms. The van der Waals surface area contributed by atoms with Gasteiger partial charge in [-0.2, -0.15) is 0 Å². The second-order valence-corrected chi connectivity index (χ2v) is 1.72. The van der Waals surface area contributed by atoms with Gasteiger partial charge in [-0.1, -0.05) is 21.9 Å². The molecule has 0 spiro atoms. The van der Waals surface area contributed by atoms with Crippen LogP contribution in [0.15, 0.2) is 21.9 Å². The van der Waals surface area contributed by atoms with Gasteiger partial charge in [0, 0.05) is 22.9 Å². The van der Waals surface area contributed by atoms with Crippen LogP contribution >= 0.6 is 0 Å². The topological polar surface area (TPSA) is 97.5 Å². The number of hydrogen-bond acceptors (Lipinski definition) is 2. The SMILES string of the molecule is CC=C(CN=[N+]=[N-])CN=[N+]=[N-]. The Balaban J connectivity index is 3.97. The molecule has 0 rings (SSSR count). The average molecular weight is 152 g/mol. The Morgan fingerprint density at radius 2 is 1.73 bits per heavy atom. The van der Waals surface area contributed by atoms with E-state index in [4.69, 9.17) is 11.1 Å². The molecule has 0 radical (unpaired) electrons. The Hall–Kier alpha value is -1.64. The van der Waals surface area contributed by atoms with Gasteiger partial charge in [-0.15, -0.1) is 0 Å². The first-order valence-corrected chi connectivity index (χ1v) is 3.01. The van der Waals surface area contributed by atoms with Crippen molar-refractivity contribution in [2.24, 2.45) is 10.2 Å². The minimum absolute atomic E-state index is 0.270. The van der Waals surface area contributed by atoms with Gasteiger partial charge < -0.3 is 0 Å². The zero-order valence-corrected chi connectivity index (χ0v) is 6.17. The van der Waals surface area contributed by atoms with Gasteiger partial charge in [0.05, 0.1) is 0 Å². The van der Waals surface area contributed by atoms with Crippen LogP contribution in [0.4, 0.5) is 0 Å². The molecule has 0 N–H and O–H groups in total. The van der Waals surface area contributed by atoms with Crippen molar-refractivity contribution in [3.63, 3.8) is 0 Å². The van der Waals surface area contributed by atoms with Crippen molar-refractivity contribution in [2.45, 2.75) is 6.92 Å². The summed E-state index contributed by atoms with van der Waals surface area (Å²) in [7, 11) is 0. The summed E-state index contributed by atoms with van der Waals surface area (Å²) < 4.78 is 0. The summed E-state index contributed by atoms with van der Waals surface area (Å²) in [6.45, 7) is 2.34. The largest absolute Gasteiger partial charge is 0.0896 e. The molecule has 0 aliphatic rings. The average Bonchev–Trinajstić information content (AvgIpc) is 2.05. The fourth-order valence-electron chi connectivity index (χ4n) is 0.477. The molecule has 11 heavy (non-hydrogen) atoms. The van der Waals surface area contributed by atoms with Crippen molar-refractivity contribution >= 4 is 0 Å². The lowest BCUT2D eigenvalue weighted by atomic mass is 10.2. The Bertz CT molecular complexity index is 207. The molecular formula is C5H8N6. The minimum Gasteiger partial charge on any atom is -0.0896 e.